The van der Waals surface area contributed by atoms with Crippen LogP contribution in [0.5, 0.6) is 0 Å². The van der Waals surface area contributed by atoms with Crippen LogP contribution in [-0.4, -0.2) is 69.2 Å². The van der Waals surface area contributed by atoms with Crippen LogP contribution in [-0.2, 0) is 16.2 Å². The van der Waals surface area contributed by atoms with Crippen LogP contribution in [0.2, 0.25) is 0 Å². The Morgan fingerprint density at radius 2 is 1.88 bits per heavy atom. The highest BCUT2D eigenvalue weighted by Gasteiger charge is 2.19. The van der Waals surface area contributed by atoms with E-state index in [4.69, 9.17) is 4.74 Å². The van der Waals surface area contributed by atoms with Crippen molar-refractivity contribution in [2.45, 2.75) is 20.0 Å². The van der Waals surface area contributed by atoms with E-state index in [-0.39, 0.29) is 31.3 Å². The Labute approximate surface area is 222 Å². The van der Waals surface area contributed by atoms with Crippen molar-refractivity contribution < 1.29 is 24.2 Å². The van der Waals surface area contributed by atoms with Gasteiger partial charge in [-0.25, -0.2) is 4.98 Å². The molecule has 1 amide bonds. The number of ketones is 1. The molecule has 0 aliphatic rings. The van der Waals surface area contributed by atoms with Crippen molar-refractivity contribution in [3.63, 3.8) is 0 Å². The number of hydrogen-bond acceptors (Lipinski definition) is 10. The number of aromatic amines is 3. The molecule has 16 heteroatoms. The minimum Gasteiger partial charge on any atom is -0.466 e. The summed E-state index contributed by atoms with van der Waals surface area (Å²) < 4.78 is 5.88. The Morgan fingerprint density at radius 1 is 1.02 bits per heavy atom. The Balaban J connectivity index is 1.17. The minimum absolute atomic E-state index is 0.0179. The lowest BCUT2D eigenvalue weighted by Gasteiger charge is -2.00. The maximum Gasteiger partial charge on any atom is 0.313 e. The number of aromatic nitrogens is 10. The fourth-order valence-electron chi connectivity index (χ4n) is 4.06. The molecule has 0 aliphatic heterocycles. The second-order valence-corrected chi connectivity index (χ2v) is 8.63. The van der Waals surface area contributed by atoms with Crippen LogP contribution in [0.15, 0.2) is 47.3 Å². The Bertz CT molecular complexity index is 2000. The third-order valence-electron chi connectivity index (χ3n) is 5.95. The molecule has 0 atom stereocenters. The number of nitrogens with zero attached hydrogens (tertiary/aromatic N) is 7. The molecule has 40 heavy (non-hydrogen) atoms. The SMILES string of the molecule is CCOC(=O)CC(=O)c1ccc2[nH+]n(CNC(=O)c3nc4nc(-c5ccc6n[nH]nc6c5)cc(=O)n4[nH]3)nc2c1. The fraction of sp³-hybridized carbons (Fsp3) is 0.167. The average Bonchev–Trinajstić information content (AvgIpc) is 3.68. The highest BCUT2D eigenvalue weighted by atomic mass is 16.5. The van der Waals surface area contributed by atoms with Crippen molar-refractivity contribution in [3.05, 3.63) is 64.2 Å². The van der Waals surface area contributed by atoms with Gasteiger partial charge in [0.25, 0.3) is 17.2 Å². The topological polar surface area (TPSA) is 209 Å². The van der Waals surface area contributed by atoms with Gasteiger partial charge in [-0.2, -0.15) is 30.0 Å². The summed E-state index contributed by atoms with van der Waals surface area (Å²) in [5.41, 5.74) is 3.22. The second-order valence-electron chi connectivity index (χ2n) is 8.63. The molecule has 4 aromatic heterocycles. The molecule has 6 rings (SSSR count). The number of carbonyl (C=O) groups excluding carboxylic acids is 3. The number of amides is 1. The summed E-state index contributed by atoms with van der Waals surface area (Å²) in [6.45, 7) is 1.79. The molecule has 200 valence electrons. The van der Waals surface area contributed by atoms with E-state index in [1.165, 1.54) is 10.9 Å². The third-order valence-corrected chi connectivity index (χ3v) is 5.95. The molecule has 0 saturated carbocycles. The number of carbonyl (C=O) groups is 3. The van der Waals surface area contributed by atoms with Gasteiger partial charge in [0.2, 0.25) is 11.3 Å². The smallest absolute Gasteiger partial charge is 0.313 e. The van der Waals surface area contributed by atoms with E-state index < -0.39 is 23.2 Å². The zero-order valence-corrected chi connectivity index (χ0v) is 20.8. The predicted molar refractivity (Wildman–Crippen MR) is 136 cm³/mol. The van der Waals surface area contributed by atoms with Gasteiger partial charge in [0.1, 0.15) is 17.5 Å². The highest BCUT2D eigenvalue weighted by molar-refractivity contribution is 6.07. The number of ether oxygens (including phenoxy) is 1. The maximum atomic E-state index is 12.8. The zero-order valence-electron chi connectivity index (χ0n) is 20.8. The van der Waals surface area contributed by atoms with Crippen LogP contribution in [0.3, 0.4) is 0 Å². The highest BCUT2D eigenvalue weighted by Crippen LogP contribution is 2.20. The van der Waals surface area contributed by atoms with Gasteiger partial charge in [0, 0.05) is 28.4 Å². The maximum absolute atomic E-state index is 12.8. The Morgan fingerprint density at radius 3 is 2.73 bits per heavy atom. The minimum atomic E-state index is -0.603. The third kappa shape index (κ3) is 4.64. The number of rotatable bonds is 8. The molecule has 16 nitrogen and oxygen atoms in total. The van der Waals surface area contributed by atoms with E-state index in [0.29, 0.717) is 38.9 Å². The number of esters is 1. The lowest BCUT2D eigenvalue weighted by Crippen LogP contribution is -2.33. The van der Waals surface area contributed by atoms with Crippen molar-refractivity contribution in [1.82, 2.24) is 50.2 Å². The van der Waals surface area contributed by atoms with Gasteiger partial charge in [0.15, 0.2) is 18.0 Å². The van der Waals surface area contributed by atoms with E-state index in [1.54, 1.807) is 43.3 Å². The molecule has 6 aromatic rings. The molecule has 0 fully saturated rings. The molecule has 0 aliphatic carbocycles. The van der Waals surface area contributed by atoms with Crippen LogP contribution >= 0.6 is 0 Å². The summed E-state index contributed by atoms with van der Waals surface area (Å²) >= 11 is 0. The van der Waals surface area contributed by atoms with Gasteiger partial charge in [-0.1, -0.05) is 6.07 Å². The summed E-state index contributed by atoms with van der Waals surface area (Å²) in [7, 11) is 0. The standard InChI is InChI=1S/C24H19N11O5/c1-2-40-21(38)10-19(36)13-4-6-15-18(8-13)31-34(30-15)11-25-23(39)22-27-24-26-16(9-20(37)35(24)32-22)12-3-5-14-17(7-12)29-33-28-14/h3-9H,2,10-11H2,1H3,(H,25,39)(H,26,27,32)(H,28,29,33)/p+1. The Hall–Kier alpha value is -5.80. The summed E-state index contributed by atoms with van der Waals surface area (Å²) in [5.74, 6) is -1.70. The molecule has 4 heterocycles. The first-order valence-corrected chi connectivity index (χ1v) is 12.1. The number of Topliss-reactive ketones (excluding diaryl/α,β-unsaturated/α-hetero) is 1. The van der Waals surface area contributed by atoms with Crippen LogP contribution < -0.4 is 16.0 Å². The summed E-state index contributed by atoms with van der Waals surface area (Å²) in [6.07, 6.45) is -0.367. The van der Waals surface area contributed by atoms with Crippen LogP contribution in [0.4, 0.5) is 0 Å². The van der Waals surface area contributed by atoms with E-state index in [1.807, 2.05) is 0 Å². The van der Waals surface area contributed by atoms with Crippen LogP contribution in [0.1, 0.15) is 34.3 Å². The molecule has 0 unspecified atom stereocenters. The van der Waals surface area contributed by atoms with Gasteiger partial charge in [-0.15, -0.1) is 0 Å². The first-order valence-electron chi connectivity index (χ1n) is 12.1. The quantitative estimate of drug-likeness (QED) is 0.134. The van der Waals surface area contributed by atoms with Gasteiger partial charge in [0.05, 0.1) is 12.3 Å². The van der Waals surface area contributed by atoms with Crippen LogP contribution in [0, 0.1) is 0 Å². The second kappa shape index (κ2) is 9.82. The van der Waals surface area contributed by atoms with E-state index in [9.17, 15) is 19.2 Å². The first-order chi connectivity index (χ1) is 19.4. The molecule has 4 N–H and O–H groups in total. The van der Waals surface area contributed by atoms with Gasteiger partial charge in [-0.05, 0) is 36.0 Å². The van der Waals surface area contributed by atoms with E-state index >= 15 is 0 Å². The largest absolute Gasteiger partial charge is 0.466 e. The summed E-state index contributed by atoms with van der Waals surface area (Å²) in [4.78, 5) is 59.3. The van der Waals surface area contributed by atoms with Crippen molar-refractivity contribution >= 4 is 45.5 Å². The molecular weight excluding hydrogens is 522 g/mol. The van der Waals surface area contributed by atoms with E-state index in [0.717, 1.165) is 4.52 Å². The summed E-state index contributed by atoms with van der Waals surface area (Å²) in [5, 5.41) is 23.2. The molecule has 0 saturated heterocycles. The number of nitrogens with one attached hydrogen (secondary N) is 4. The lowest BCUT2D eigenvalue weighted by atomic mass is 10.1. The average molecular weight is 542 g/mol. The monoisotopic (exact) mass is 542 g/mol. The van der Waals surface area contributed by atoms with Crippen molar-refractivity contribution in [2.24, 2.45) is 0 Å². The van der Waals surface area contributed by atoms with Gasteiger partial charge < -0.3 is 10.1 Å². The van der Waals surface area contributed by atoms with Crippen molar-refractivity contribution in [3.8, 4) is 11.3 Å². The number of benzene rings is 2. The first kappa shape index (κ1) is 24.5. The number of fused-ring (bicyclic) bond motifs is 3. The molecule has 0 bridgehead atoms. The lowest BCUT2D eigenvalue weighted by molar-refractivity contribution is -0.472. The summed E-state index contributed by atoms with van der Waals surface area (Å²) in [6, 6.07) is 11.3. The number of H-pyrrole nitrogens is 3. The number of hydrogen-bond donors (Lipinski definition) is 3. The Kier molecular flexibility index (Phi) is 6.02. The van der Waals surface area contributed by atoms with Crippen LogP contribution in [0.25, 0.3) is 39.1 Å². The van der Waals surface area contributed by atoms with E-state index in [2.05, 4.69) is 46.0 Å². The van der Waals surface area contributed by atoms with Crippen molar-refractivity contribution in [1.29, 1.82) is 0 Å². The van der Waals surface area contributed by atoms with Gasteiger partial charge in [-0.3, -0.25) is 24.3 Å². The van der Waals surface area contributed by atoms with Gasteiger partial charge >= 0.3 is 5.97 Å². The molecule has 2 aromatic carbocycles. The van der Waals surface area contributed by atoms with Crippen molar-refractivity contribution in [2.75, 3.05) is 6.61 Å². The molecule has 0 radical (unpaired) electrons. The zero-order chi connectivity index (χ0) is 27.8. The normalized spacial score (nSPS) is 11.3. The molecular formula is C24H20N11O5+. The predicted octanol–water partition coefficient (Wildman–Crippen LogP) is 0.0431. The molecule has 0 spiro atoms. The fourth-order valence-corrected chi connectivity index (χ4v) is 4.06.